The maximum atomic E-state index is 13.6. The van der Waals surface area contributed by atoms with Gasteiger partial charge in [0.05, 0.1) is 0 Å². The van der Waals surface area contributed by atoms with Crippen LogP contribution in [-0.2, 0) is 4.79 Å². The molecule has 4 nitrogen and oxygen atoms in total. The van der Waals surface area contributed by atoms with Gasteiger partial charge in [-0.05, 0) is 50.6 Å². The molecule has 0 aromatic heterocycles. The van der Waals surface area contributed by atoms with Crippen molar-refractivity contribution in [2.75, 3.05) is 33.3 Å². The molecule has 1 aromatic rings. The van der Waals surface area contributed by atoms with E-state index < -0.39 is 5.82 Å². The second kappa shape index (κ2) is 9.33. The van der Waals surface area contributed by atoms with Gasteiger partial charge in [-0.3, -0.25) is 4.79 Å². The second-order valence-electron chi connectivity index (χ2n) is 5.25. The summed E-state index contributed by atoms with van der Waals surface area (Å²) < 4.78 is 19.5. The van der Waals surface area contributed by atoms with Crippen molar-refractivity contribution in [2.24, 2.45) is 5.92 Å². The number of carbonyl (C=O) groups is 1. The van der Waals surface area contributed by atoms with Gasteiger partial charge in [0.2, 0.25) is 0 Å². The summed E-state index contributed by atoms with van der Waals surface area (Å²) in [6, 6.07) is 4.53. The molecule has 1 aromatic carbocycles. The van der Waals surface area contributed by atoms with Crippen molar-refractivity contribution in [1.29, 1.82) is 0 Å². The van der Waals surface area contributed by atoms with Crippen LogP contribution in [0, 0.1) is 11.7 Å². The Bertz CT molecular complexity index is 496. The Kier molecular flexibility index (Phi) is 8.14. The highest BCUT2D eigenvalue weighted by atomic mass is 79.9. The summed E-state index contributed by atoms with van der Waals surface area (Å²) in [4.78, 5) is 13.9. The Morgan fingerprint density at radius 2 is 2.14 bits per heavy atom. The lowest BCUT2D eigenvalue weighted by atomic mass is 9.97. The summed E-state index contributed by atoms with van der Waals surface area (Å²) in [5.41, 5.74) is 0. The Morgan fingerprint density at radius 1 is 1.45 bits per heavy atom. The fourth-order valence-electron chi connectivity index (χ4n) is 2.50. The molecule has 22 heavy (non-hydrogen) atoms. The lowest BCUT2D eigenvalue weighted by molar-refractivity contribution is -0.134. The normalized spacial score (nSPS) is 15.3. The van der Waals surface area contributed by atoms with Crippen molar-refractivity contribution in [1.82, 2.24) is 10.2 Å². The molecule has 1 aliphatic rings. The number of nitrogens with one attached hydrogen (secondary N) is 1. The molecule has 1 saturated heterocycles. The summed E-state index contributed by atoms with van der Waals surface area (Å²) in [6.45, 7) is 2.37. The van der Waals surface area contributed by atoms with Crippen molar-refractivity contribution in [3.05, 3.63) is 28.5 Å². The maximum absolute atomic E-state index is 13.6. The largest absolute Gasteiger partial charge is 0.481 e. The van der Waals surface area contributed by atoms with E-state index in [4.69, 9.17) is 4.74 Å². The number of likely N-dealkylation sites (tertiary alicyclic amines) is 1. The molecule has 0 aliphatic carbocycles. The lowest BCUT2D eigenvalue weighted by Gasteiger charge is -2.31. The maximum Gasteiger partial charge on any atom is 0.260 e. The summed E-state index contributed by atoms with van der Waals surface area (Å²) in [5.74, 6) is 0.186. The monoisotopic (exact) mass is 394 g/mol. The molecule has 1 heterocycles. The molecule has 0 atom stereocenters. The molecule has 1 fully saturated rings. The number of piperidine rings is 1. The molecule has 1 amide bonds. The van der Waals surface area contributed by atoms with Gasteiger partial charge in [-0.15, -0.1) is 12.4 Å². The Labute approximate surface area is 144 Å². The first kappa shape index (κ1) is 19.2. The van der Waals surface area contributed by atoms with Crippen molar-refractivity contribution in [2.45, 2.75) is 12.8 Å². The number of nitrogens with zero attached hydrogens (tertiary/aromatic N) is 1. The fraction of sp³-hybridized carbons (Fsp3) is 0.533. The number of rotatable bonds is 5. The summed E-state index contributed by atoms with van der Waals surface area (Å²) >= 11 is 3.18. The Hall–Kier alpha value is -0.850. The first-order chi connectivity index (χ1) is 10.1. The first-order valence-corrected chi connectivity index (χ1v) is 7.89. The van der Waals surface area contributed by atoms with Gasteiger partial charge in [0.15, 0.2) is 18.2 Å². The van der Waals surface area contributed by atoms with Crippen LogP contribution < -0.4 is 10.1 Å². The van der Waals surface area contributed by atoms with Crippen LogP contribution in [0.5, 0.6) is 5.75 Å². The number of halogens is 3. The zero-order chi connectivity index (χ0) is 15.2. The highest BCUT2D eigenvalue weighted by Gasteiger charge is 2.22. The standard InChI is InChI=1S/C15H20BrFN2O2.ClH/c1-18-9-11-4-6-19(7-5-11)15(20)10-21-14-3-2-12(16)8-13(14)17;/h2-3,8,11,18H,4-7,9-10H2,1H3;1H. The average Bonchev–Trinajstić information content (AvgIpc) is 2.47. The van der Waals surface area contributed by atoms with Gasteiger partial charge in [-0.25, -0.2) is 4.39 Å². The van der Waals surface area contributed by atoms with E-state index in [1.165, 1.54) is 12.1 Å². The Morgan fingerprint density at radius 3 is 2.73 bits per heavy atom. The topological polar surface area (TPSA) is 41.6 Å². The molecule has 0 unspecified atom stereocenters. The van der Waals surface area contributed by atoms with Crippen LogP contribution in [0.4, 0.5) is 4.39 Å². The van der Waals surface area contributed by atoms with Crippen molar-refractivity contribution in [3.8, 4) is 5.75 Å². The van der Waals surface area contributed by atoms with E-state index in [9.17, 15) is 9.18 Å². The minimum absolute atomic E-state index is 0. The molecule has 2 rings (SSSR count). The van der Waals surface area contributed by atoms with Gasteiger partial charge in [-0.1, -0.05) is 15.9 Å². The van der Waals surface area contributed by atoms with Crippen LogP contribution in [0.15, 0.2) is 22.7 Å². The van der Waals surface area contributed by atoms with Crippen LogP contribution in [0.1, 0.15) is 12.8 Å². The van der Waals surface area contributed by atoms with Gasteiger partial charge >= 0.3 is 0 Å². The molecule has 1 aliphatic heterocycles. The van der Waals surface area contributed by atoms with Crippen molar-refractivity contribution >= 4 is 34.2 Å². The van der Waals surface area contributed by atoms with Crippen LogP contribution in [-0.4, -0.2) is 44.1 Å². The fourth-order valence-corrected chi connectivity index (χ4v) is 2.83. The Balaban J connectivity index is 0.00000242. The molecule has 0 spiro atoms. The minimum atomic E-state index is -0.468. The molecular weight excluding hydrogens is 375 g/mol. The minimum Gasteiger partial charge on any atom is -0.481 e. The smallest absolute Gasteiger partial charge is 0.260 e. The van der Waals surface area contributed by atoms with E-state index in [0.29, 0.717) is 10.4 Å². The van der Waals surface area contributed by atoms with Gasteiger partial charge in [0, 0.05) is 17.6 Å². The third-order valence-corrected chi connectivity index (χ3v) is 4.20. The molecule has 0 radical (unpaired) electrons. The molecule has 124 valence electrons. The number of hydrogen-bond acceptors (Lipinski definition) is 3. The van der Waals surface area contributed by atoms with Gasteiger partial charge in [0.25, 0.3) is 5.91 Å². The van der Waals surface area contributed by atoms with Gasteiger partial charge in [-0.2, -0.15) is 0 Å². The predicted octanol–water partition coefficient (Wildman–Crippen LogP) is 2.85. The number of benzene rings is 1. The third kappa shape index (κ3) is 5.41. The van der Waals surface area contributed by atoms with E-state index in [0.717, 1.165) is 32.5 Å². The summed E-state index contributed by atoms with van der Waals surface area (Å²) in [7, 11) is 1.94. The average molecular weight is 396 g/mol. The van der Waals surface area contributed by atoms with E-state index in [1.54, 1.807) is 11.0 Å². The SMILES string of the molecule is CNCC1CCN(C(=O)COc2ccc(Br)cc2F)CC1.Cl. The van der Waals surface area contributed by atoms with E-state index >= 15 is 0 Å². The molecule has 0 saturated carbocycles. The van der Waals surface area contributed by atoms with Crippen LogP contribution in [0.2, 0.25) is 0 Å². The predicted molar refractivity (Wildman–Crippen MR) is 90.1 cm³/mol. The van der Waals surface area contributed by atoms with Crippen molar-refractivity contribution < 1.29 is 13.9 Å². The second-order valence-corrected chi connectivity index (χ2v) is 6.16. The van der Waals surface area contributed by atoms with Crippen molar-refractivity contribution in [3.63, 3.8) is 0 Å². The molecular formula is C15H21BrClFN2O2. The number of amides is 1. The zero-order valence-corrected chi connectivity index (χ0v) is 14.9. The quantitative estimate of drug-likeness (QED) is 0.833. The van der Waals surface area contributed by atoms with Crippen LogP contribution in [0.3, 0.4) is 0 Å². The van der Waals surface area contributed by atoms with E-state index in [2.05, 4.69) is 21.2 Å². The zero-order valence-electron chi connectivity index (χ0n) is 12.5. The number of carbonyl (C=O) groups excluding carboxylic acids is 1. The van der Waals surface area contributed by atoms with Gasteiger partial charge in [0.1, 0.15) is 0 Å². The molecule has 0 bridgehead atoms. The lowest BCUT2D eigenvalue weighted by Crippen LogP contribution is -2.42. The van der Waals surface area contributed by atoms with E-state index in [-0.39, 0.29) is 30.7 Å². The molecule has 1 N–H and O–H groups in total. The highest BCUT2D eigenvalue weighted by Crippen LogP contribution is 2.22. The highest BCUT2D eigenvalue weighted by molar-refractivity contribution is 9.10. The first-order valence-electron chi connectivity index (χ1n) is 7.10. The van der Waals surface area contributed by atoms with Gasteiger partial charge < -0.3 is 15.0 Å². The summed E-state index contributed by atoms with van der Waals surface area (Å²) in [6.07, 6.45) is 2.00. The molecule has 7 heteroatoms. The summed E-state index contributed by atoms with van der Waals surface area (Å²) in [5, 5.41) is 3.17. The van der Waals surface area contributed by atoms with E-state index in [1.807, 2.05) is 7.05 Å². The number of hydrogen-bond donors (Lipinski definition) is 1. The third-order valence-electron chi connectivity index (χ3n) is 3.71. The number of ether oxygens (including phenoxy) is 1. The van der Waals surface area contributed by atoms with Crippen LogP contribution >= 0.6 is 28.3 Å². The van der Waals surface area contributed by atoms with Crippen LogP contribution in [0.25, 0.3) is 0 Å².